The molecule has 0 spiro atoms. The molecular weight excluding hydrogens is 326 g/mol. The summed E-state index contributed by atoms with van der Waals surface area (Å²) in [5, 5.41) is 11.9. The summed E-state index contributed by atoms with van der Waals surface area (Å²) in [5.41, 5.74) is 2.73. The van der Waals surface area contributed by atoms with E-state index in [1.165, 1.54) is 0 Å². The number of nitrogens with zero attached hydrogens (tertiary/aromatic N) is 2. The molecule has 2 aromatic rings. The molecule has 0 atom stereocenters. The summed E-state index contributed by atoms with van der Waals surface area (Å²) >= 11 is 0. The third-order valence-electron chi connectivity index (χ3n) is 4.64. The Hall–Kier alpha value is -3.13. The Morgan fingerprint density at radius 2 is 1.77 bits per heavy atom. The molecule has 26 heavy (non-hydrogen) atoms. The molecule has 0 aromatic heterocycles. The molecule has 0 bridgehead atoms. The number of likely N-dealkylation sites (tertiary alicyclic amines) is 1. The van der Waals surface area contributed by atoms with Gasteiger partial charge >= 0.3 is 0 Å². The summed E-state index contributed by atoms with van der Waals surface area (Å²) in [6, 6.07) is 16.3. The van der Waals surface area contributed by atoms with Gasteiger partial charge < -0.3 is 10.2 Å². The Morgan fingerprint density at radius 3 is 2.46 bits per heavy atom. The lowest BCUT2D eigenvalue weighted by atomic mass is 10.0. The van der Waals surface area contributed by atoms with Crippen LogP contribution in [0.2, 0.25) is 0 Å². The van der Waals surface area contributed by atoms with Crippen molar-refractivity contribution in [2.75, 3.05) is 13.1 Å². The first-order chi connectivity index (χ1) is 12.6. The topological polar surface area (TPSA) is 73.2 Å². The number of hydrogen-bond acceptors (Lipinski definition) is 3. The quantitative estimate of drug-likeness (QED) is 0.928. The minimum atomic E-state index is -0.175. The number of amides is 2. The van der Waals surface area contributed by atoms with Gasteiger partial charge in [0.15, 0.2) is 0 Å². The molecule has 1 heterocycles. The molecule has 0 aliphatic carbocycles. The molecule has 5 heteroatoms. The average molecular weight is 347 g/mol. The molecular formula is C21H21N3O2. The monoisotopic (exact) mass is 347 g/mol. The van der Waals surface area contributed by atoms with E-state index in [2.05, 4.69) is 5.32 Å². The fourth-order valence-electron chi connectivity index (χ4n) is 3.19. The van der Waals surface area contributed by atoms with Crippen LogP contribution in [0.1, 0.15) is 44.7 Å². The van der Waals surface area contributed by atoms with Gasteiger partial charge in [-0.05, 0) is 50.1 Å². The zero-order chi connectivity index (χ0) is 18.5. The van der Waals surface area contributed by atoms with E-state index in [-0.39, 0.29) is 17.9 Å². The van der Waals surface area contributed by atoms with Crippen LogP contribution in [0.15, 0.2) is 48.5 Å². The molecule has 132 valence electrons. The first kappa shape index (κ1) is 17.7. The number of hydrogen-bond donors (Lipinski definition) is 1. The molecule has 1 aliphatic heterocycles. The number of nitriles is 1. The third-order valence-corrected chi connectivity index (χ3v) is 4.64. The molecule has 3 rings (SSSR count). The maximum absolute atomic E-state index is 12.6. The third kappa shape index (κ3) is 4.09. The van der Waals surface area contributed by atoms with Crippen molar-refractivity contribution in [2.24, 2.45) is 0 Å². The molecule has 2 aromatic carbocycles. The zero-order valence-corrected chi connectivity index (χ0v) is 14.7. The molecule has 1 fully saturated rings. The van der Waals surface area contributed by atoms with Gasteiger partial charge in [-0.2, -0.15) is 5.26 Å². The van der Waals surface area contributed by atoms with Crippen molar-refractivity contribution >= 4 is 11.8 Å². The maximum atomic E-state index is 12.6. The SMILES string of the molecule is Cc1cccc(C(=O)N2CCC(NC(=O)c3cccc(C#N)c3)CC2)c1. The van der Waals surface area contributed by atoms with Crippen molar-refractivity contribution in [1.82, 2.24) is 10.2 Å². The van der Waals surface area contributed by atoms with Gasteiger partial charge in [-0.15, -0.1) is 0 Å². The van der Waals surface area contributed by atoms with Crippen molar-refractivity contribution in [3.63, 3.8) is 0 Å². The van der Waals surface area contributed by atoms with Crippen molar-refractivity contribution in [1.29, 1.82) is 5.26 Å². The highest BCUT2D eigenvalue weighted by molar-refractivity contribution is 5.95. The van der Waals surface area contributed by atoms with Crippen LogP contribution in [0.5, 0.6) is 0 Å². The normalized spacial score (nSPS) is 14.5. The van der Waals surface area contributed by atoms with Crippen molar-refractivity contribution in [2.45, 2.75) is 25.8 Å². The largest absolute Gasteiger partial charge is 0.349 e. The fourth-order valence-corrected chi connectivity index (χ4v) is 3.19. The van der Waals surface area contributed by atoms with E-state index in [4.69, 9.17) is 5.26 Å². The van der Waals surface area contributed by atoms with Crippen LogP contribution in [0.4, 0.5) is 0 Å². The van der Waals surface area contributed by atoms with Gasteiger partial charge in [0.1, 0.15) is 0 Å². The lowest BCUT2D eigenvalue weighted by Crippen LogP contribution is -2.46. The van der Waals surface area contributed by atoms with Crippen LogP contribution in [-0.4, -0.2) is 35.8 Å². The van der Waals surface area contributed by atoms with E-state index in [0.29, 0.717) is 29.8 Å². The smallest absolute Gasteiger partial charge is 0.253 e. The molecule has 0 unspecified atom stereocenters. The predicted octanol–water partition coefficient (Wildman–Crippen LogP) is 2.90. The highest BCUT2D eigenvalue weighted by Crippen LogP contribution is 2.16. The second-order valence-electron chi connectivity index (χ2n) is 6.60. The first-order valence-electron chi connectivity index (χ1n) is 8.74. The number of benzene rings is 2. The van der Waals surface area contributed by atoms with Gasteiger partial charge in [-0.1, -0.05) is 23.8 Å². The molecule has 1 saturated heterocycles. The molecule has 1 N–H and O–H groups in total. The number of carbonyl (C=O) groups is 2. The lowest BCUT2D eigenvalue weighted by molar-refractivity contribution is 0.0698. The Balaban J connectivity index is 1.56. The van der Waals surface area contributed by atoms with Crippen molar-refractivity contribution < 1.29 is 9.59 Å². The van der Waals surface area contributed by atoms with Gasteiger partial charge in [0.25, 0.3) is 11.8 Å². The standard InChI is InChI=1S/C21H21N3O2/c1-15-4-2-7-18(12-15)21(26)24-10-8-19(9-11-24)23-20(25)17-6-3-5-16(13-17)14-22/h2-7,12-13,19H,8-11H2,1H3,(H,23,25). The van der Waals surface area contributed by atoms with Crippen LogP contribution < -0.4 is 5.32 Å². The van der Waals surface area contributed by atoms with Crippen molar-refractivity contribution in [3.8, 4) is 6.07 Å². The van der Waals surface area contributed by atoms with Crippen LogP contribution in [0.3, 0.4) is 0 Å². The average Bonchev–Trinajstić information content (AvgIpc) is 2.68. The number of carbonyl (C=O) groups excluding carboxylic acids is 2. The van der Waals surface area contributed by atoms with E-state index >= 15 is 0 Å². The molecule has 0 saturated carbocycles. The van der Waals surface area contributed by atoms with Crippen LogP contribution in [-0.2, 0) is 0 Å². The van der Waals surface area contributed by atoms with E-state index < -0.39 is 0 Å². The number of aryl methyl sites for hydroxylation is 1. The summed E-state index contributed by atoms with van der Waals surface area (Å²) in [5.74, 6) is -0.134. The Bertz CT molecular complexity index is 862. The highest BCUT2D eigenvalue weighted by atomic mass is 16.2. The molecule has 1 aliphatic rings. The minimum Gasteiger partial charge on any atom is -0.349 e. The Kier molecular flexibility index (Phi) is 5.33. The van der Waals surface area contributed by atoms with Crippen LogP contribution >= 0.6 is 0 Å². The fraction of sp³-hybridized carbons (Fsp3) is 0.286. The molecule has 2 amide bonds. The Morgan fingerprint density at radius 1 is 1.08 bits per heavy atom. The van der Waals surface area contributed by atoms with Gasteiger partial charge in [0, 0.05) is 30.3 Å². The highest BCUT2D eigenvalue weighted by Gasteiger charge is 2.25. The second kappa shape index (κ2) is 7.83. The number of rotatable bonds is 3. The minimum absolute atomic E-state index is 0.0369. The summed E-state index contributed by atoms with van der Waals surface area (Å²) in [6.07, 6.45) is 1.45. The zero-order valence-electron chi connectivity index (χ0n) is 14.7. The maximum Gasteiger partial charge on any atom is 0.253 e. The summed E-state index contributed by atoms with van der Waals surface area (Å²) < 4.78 is 0. The molecule has 5 nitrogen and oxygen atoms in total. The number of piperidine rings is 1. The van der Waals surface area contributed by atoms with Gasteiger partial charge in [-0.25, -0.2) is 0 Å². The van der Waals surface area contributed by atoms with Gasteiger partial charge in [0.2, 0.25) is 0 Å². The van der Waals surface area contributed by atoms with E-state index in [1.807, 2.05) is 42.2 Å². The summed E-state index contributed by atoms with van der Waals surface area (Å²) in [6.45, 7) is 3.21. The van der Waals surface area contributed by atoms with E-state index in [0.717, 1.165) is 18.4 Å². The molecule has 0 radical (unpaired) electrons. The number of nitrogens with one attached hydrogen (secondary N) is 1. The van der Waals surface area contributed by atoms with Gasteiger partial charge in [0.05, 0.1) is 11.6 Å². The second-order valence-corrected chi connectivity index (χ2v) is 6.60. The lowest BCUT2D eigenvalue weighted by Gasteiger charge is -2.32. The summed E-state index contributed by atoms with van der Waals surface area (Å²) in [7, 11) is 0. The van der Waals surface area contributed by atoms with E-state index in [1.54, 1.807) is 24.3 Å². The van der Waals surface area contributed by atoms with Crippen LogP contribution in [0.25, 0.3) is 0 Å². The first-order valence-corrected chi connectivity index (χ1v) is 8.74. The predicted molar refractivity (Wildman–Crippen MR) is 98.7 cm³/mol. The Labute approximate surface area is 153 Å². The summed E-state index contributed by atoms with van der Waals surface area (Å²) in [4.78, 5) is 26.8. The van der Waals surface area contributed by atoms with Crippen molar-refractivity contribution in [3.05, 3.63) is 70.8 Å². The van der Waals surface area contributed by atoms with E-state index in [9.17, 15) is 9.59 Å². The van der Waals surface area contributed by atoms with Crippen LogP contribution in [0, 0.1) is 18.3 Å². The van der Waals surface area contributed by atoms with Gasteiger partial charge in [-0.3, -0.25) is 9.59 Å².